The highest BCUT2D eigenvalue weighted by Crippen LogP contribution is 2.29. The maximum atomic E-state index is 6.06. The Morgan fingerprint density at radius 1 is 1.48 bits per heavy atom. The van der Waals surface area contributed by atoms with E-state index in [2.05, 4.69) is 38.2 Å². The third kappa shape index (κ3) is 3.30. The lowest BCUT2D eigenvalue weighted by Gasteiger charge is -2.30. The van der Waals surface area contributed by atoms with Crippen LogP contribution in [0.2, 0.25) is 0 Å². The number of piperidine rings is 1. The lowest BCUT2D eigenvalue weighted by Crippen LogP contribution is -2.35. The molecule has 0 spiro atoms. The van der Waals surface area contributed by atoms with Crippen LogP contribution in [-0.4, -0.2) is 36.6 Å². The fourth-order valence-corrected chi connectivity index (χ4v) is 3.38. The van der Waals surface area contributed by atoms with Crippen molar-refractivity contribution in [1.29, 1.82) is 0 Å². The van der Waals surface area contributed by atoms with Gasteiger partial charge in [0.05, 0.1) is 11.2 Å². The Labute approximate surface area is 133 Å². The van der Waals surface area contributed by atoms with Crippen molar-refractivity contribution in [2.24, 2.45) is 5.92 Å². The topological polar surface area (TPSA) is 54.2 Å². The lowest BCUT2D eigenvalue weighted by atomic mass is 9.98. The molecular formula is C16H21BrN4. The molecule has 3 N–H and O–H groups in total. The molecule has 112 valence electrons. The second-order valence-corrected chi connectivity index (χ2v) is 6.82. The highest BCUT2D eigenvalue weighted by atomic mass is 79.9. The normalized spacial score (nSPS) is 19.8. The van der Waals surface area contributed by atoms with Gasteiger partial charge in [-0.2, -0.15) is 0 Å². The summed E-state index contributed by atoms with van der Waals surface area (Å²) in [6.45, 7) is 3.37. The quantitative estimate of drug-likeness (QED) is 0.835. The number of nitrogens with two attached hydrogens (primary N) is 1. The molecule has 3 rings (SSSR count). The maximum absolute atomic E-state index is 6.06. The fraction of sp³-hybridized carbons (Fsp3) is 0.438. The zero-order valence-electron chi connectivity index (χ0n) is 12.3. The zero-order chi connectivity index (χ0) is 14.8. The average Bonchev–Trinajstić information content (AvgIpc) is 2.47. The van der Waals surface area contributed by atoms with Crippen molar-refractivity contribution in [3.8, 4) is 0 Å². The molecule has 1 aliphatic rings. The van der Waals surface area contributed by atoms with E-state index in [-0.39, 0.29) is 0 Å². The summed E-state index contributed by atoms with van der Waals surface area (Å²) in [5, 5.41) is 4.56. The van der Waals surface area contributed by atoms with E-state index in [1.165, 1.54) is 25.9 Å². The van der Waals surface area contributed by atoms with E-state index < -0.39 is 0 Å². The molecular weight excluding hydrogens is 328 g/mol. The number of aromatic nitrogens is 1. The Morgan fingerprint density at radius 2 is 2.33 bits per heavy atom. The first kappa shape index (κ1) is 14.6. The van der Waals surface area contributed by atoms with Gasteiger partial charge in [0.15, 0.2) is 0 Å². The van der Waals surface area contributed by atoms with Gasteiger partial charge < -0.3 is 16.0 Å². The molecule has 1 aliphatic heterocycles. The summed E-state index contributed by atoms with van der Waals surface area (Å²) in [7, 11) is 2.20. The first-order valence-electron chi connectivity index (χ1n) is 7.39. The minimum Gasteiger partial charge on any atom is -0.398 e. The third-order valence-corrected chi connectivity index (χ3v) is 4.59. The smallest absolute Gasteiger partial charge is 0.0954 e. The number of nitrogens with zero attached hydrogens (tertiary/aromatic N) is 2. The van der Waals surface area contributed by atoms with Gasteiger partial charge in [0.25, 0.3) is 0 Å². The molecule has 1 aromatic heterocycles. The van der Waals surface area contributed by atoms with Crippen LogP contribution >= 0.6 is 15.9 Å². The van der Waals surface area contributed by atoms with Crippen LogP contribution < -0.4 is 11.1 Å². The maximum Gasteiger partial charge on any atom is 0.0954 e. The van der Waals surface area contributed by atoms with Crippen molar-refractivity contribution in [3.05, 3.63) is 28.9 Å². The highest BCUT2D eigenvalue weighted by molar-refractivity contribution is 9.10. The van der Waals surface area contributed by atoms with Crippen LogP contribution in [-0.2, 0) is 0 Å². The Morgan fingerprint density at radius 3 is 3.14 bits per heavy atom. The molecule has 5 heteroatoms. The van der Waals surface area contributed by atoms with Crippen LogP contribution in [0.25, 0.3) is 10.9 Å². The summed E-state index contributed by atoms with van der Waals surface area (Å²) in [5.74, 6) is 0.701. The summed E-state index contributed by atoms with van der Waals surface area (Å²) < 4.78 is 0.952. The molecule has 0 bridgehead atoms. The number of hydrogen-bond acceptors (Lipinski definition) is 4. The van der Waals surface area contributed by atoms with Gasteiger partial charge >= 0.3 is 0 Å². The van der Waals surface area contributed by atoms with Gasteiger partial charge in [0, 0.05) is 34.8 Å². The molecule has 0 aliphatic carbocycles. The van der Waals surface area contributed by atoms with Crippen molar-refractivity contribution in [2.75, 3.05) is 37.7 Å². The van der Waals surface area contributed by atoms with E-state index in [0.29, 0.717) is 5.92 Å². The number of likely N-dealkylation sites (tertiary alicyclic amines) is 1. The number of nitrogen functional groups attached to an aromatic ring is 1. The van der Waals surface area contributed by atoms with E-state index in [0.717, 1.165) is 33.3 Å². The van der Waals surface area contributed by atoms with E-state index in [1.54, 1.807) is 0 Å². The Kier molecular flexibility index (Phi) is 4.31. The number of pyridine rings is 1. The zero-order valence-corrected chi connectivity index (χ0v) is 13.9. The Bertz CT molecular complexity index is 643. The van der Waals surface area contributed by atoms with Gasteiger partial charge in [-0.3, -0.25) is 4.98 Å². The van der Waals surface area contributed by atoms with Crippen LogP contribution in [0.4, 0.5) is 11.4 Å². The minimum atomic E-state index is 0.701. The monoisotopic (exact) mass is 348 g/mol. The summed E-state index contributed by atoms with van der Waals surface area (Å²) >= 11 is 3.46. The number of nitrogens with one attached hydrogen (secondary N) is 1. The minimum absolute atomic E-state index is 0.701. The second-order valence-electron chi connectivity index (χ2n) is 5.90. The van der Waals surface area contributed by atoms with Crippen molar-refractivity contribution in [2.45, 2.75) is 12.8 Å². The standard InChI is InChI=1S/C16H21BrN4/c1-21-6-2-3-11(10-21)8-19-15-5-4-14(18)13-7-12(17)9-20-16(13)15/h4-5,7,9,11,19H,2-3,6,8,10,18H2,1H3. The molecule has 1 atom stereocenters. The van der Waals surface area contributed by atoms with E-state index in [4.69, 9.17) is 5.73 Å². The average molecular weight is 349 g/mol. The number of fused-ring (bicyclic) bond motifs is 1. The second kappa shape index (κ2) is 6.20. The number of hydrogen-bond donors (Lipinski definition) is 2. The molecule has 1 saturated heterocycles. The molecule has 2 heterocycles. The predicted molar refractivity (Wildman–Crippen MR) is 92.6 cm³/mol. The van der Waals surface area contributed by atoms with Gasteiger partial charge in [0.2, 0.25) is 0 Å². The molecule has 2 aromatic rings. The molecule has 0 saturated carbocycles. The molecule has 1 aromatic carbocycles. The van der Waals surface area contributed by atoms with Crippen LogP contribution in [0.15, 0.2) is 28.9 Å². The van der Waals surface area contributed by atoms with Crippen LogP contribution in [0, 0.1) is 5.92 Å². The highest BCUT2D eigenvalue weighted by Gasteiger charge is 2.17. The number of halogens is 1. The summed E-state index contributed by atoms with van der Waals surface area (Å²) in [4.78, 5) is 6.93. The van der Waals surface area contributed by atoms with E-state index in [9.17, 15) is 0 Å². The number of rotatable bonds is 3. The fourth-order valence-electron chi connectivity index (χ4n) is 3.05. The molecule has 1 fully saturated rings. The Hall–Kier alpha value is -1.33. The molecule has 21 heavy (non-hydrogen) atoms. The molecule has 0 amide bonds. The summed E-state index contributed by atoms with van der Waals surface area (Å²) in [6.07, 6.45) is 4.40. The third-order valence-electron chi connectivity index (χ3n) is 4.15. The van der Waals surface area contributed by atoms with E-state index in [1.807, 2.05) is 24.4 Å². The first-order chi connectivity index (χ1) is 10.1. The molecule has 1 unspecified atom stereocenters. The number of anilines is 2. The number of benzene rings is 1. The SMILES string of the molecule is CN1CCCC(CNc2ccc(N)c3cc(Br)cnc23)C1. The van der Waals surface area contributed by atoms with Crippen LogP contribution in [0.5, 0.6) is 0 Å². The lowest BCUT2D eigenvalue weighted by molar-refractivity contribution is 0.217. The van der Waals surface area contributed by atoms with Gasteiger partial charge in [-0.25, -0.2) is 0 Å². The van der Waals surface area contributed by atoms with E-state index >= 15 is 0 Å². The van der Waals surface area contributed by atoms with Crippen molar-refractivity contribution >= 4 is 38.2 Å². The molecule has 4 nitrogen and oxygen atoms in total. The molecule has 0 radical (unpaired) electrons. The van der Waals surface area contributed by atoms with Crippen molar-refractivity contribution in [1.82, 2.24) is 9.88 Å². The van der Waals surface area contributed by atoms with Gasteiger partial charge in [-0.05, 0) is 66.5 Å². The van der Waals surface area contributed by atoms with Gasteiger partial charge in [-0.1, -0.05) is 0 Å². The Balaban J connectivity index is 1.79. The largest absolute Gasteiger partial charge is 0.398 e. The van der Waals surface area contributed by atoms with Crippen LogP contribution in [0.1, 0.15) is 12.8 Å². The van der Waals surface area contributed by atoms with Crippen molar-refractivity contribution < 1.29 is 0 Å². The van der Waals surface area contributed by atoms with Gasteiger partial charge in [-0.15, -0.1) is 0 Å². The van der Waals surface area contributed by atoms with Crippen molar-refractivity contribution in [3.63, 3.8) is 0 Å². The first-order valence-corrected chi connectivity index (χ1v) is 8.19. The predicted octanol–water partition coefficient (Wildman–Crippen LogP) is 3.33. The van der Waals surface area contributed by atoms with Gasteiger partial charge in [0.1, 0.15) is 0 Å². The summed E-state index contributed by atoms with van der Waals surface area (Å²) in [5.41, 5.74) is 8.84. The van der Waals surface area contributed by atoms with Crippen LogP contribution in [0.3, 0.4) is 0 Å². The summed E-state index contributed by atoms with van der Waals surface area (Å²) in [6, 6.07) is 6.01.